The Hall–Kier alpha value is -1.23. The Morgan fingerprint density at radius 2 is 2.24 bits per heavy atom. The fraction of sp³-hybridized carbons (Fsp3) is 0.583. The van der Waals surface area contributed by atoms with Gasteiger partial charge < -0.3 is 11.1 Å². The number of nitrogens with zero attached hydrogens (tertiary/aromatic N) is 1. The van der Waals surface area contributed by atoms with Crippen molar-refractivity contribution in [2.24, 2.45) is 11.7 Å². The minimum atomic E-state index is -0.660. The third-order valence-corrected chi connectivity index (χ3v) is 3.19. The summed E-state index contributed by atoms with van der Waals surface area (Å²) in [7, 11) is 0. The molecule has 0 bridgehead atoms. The van der Waals surface area contributed by atoms with Crippen molar-refractivity contribution in [1.29, 1.82) is 0 Å². The van der Waals surface area contributed by atoms with Gasteiger partial charge in [0.05, 0.1) is 6.20 Å². The quantitative estimate of drug-likeness (QED) is 0.853. The van der Waals surface area contributed by atoms with E-state index in [2.05, 4.69) is 10.3 Å². The monoisotopic (exact) mass is 241 g/mol. The van der Waals surface area contributed by atoms with E-state index in [1.54, 1.807) is 0 Å². The van der Waals surface area contributed by atoms with Gasteiger partial charge in [-0.1, -0.05) is 6.42 Å². The van der Waals surface area contributed by atoms with Crippen molar-refractivity contribution in [3.63, 3.8) is 0 Å². The Kier molecular flexibility index (Phi) is 3.89. The van der Waals surface area contributed by atoms with Gasteiger partial charge in [0.15, 0.2) is 11.6 Å². The number of nitrogens with two attached hydrogens (primary N) is 1. The molecule has 2 unspecified atom stereocenters. The Balaban J connectivity index is 1.88. The average Bonchev–Trinajstić information content (AvgIpc) is 2.28. The lowest BCUT2D eigenvalue weighted by molar-refractivity contribution is 0.334. The van der Waals surface area contributed by atoms with Gasteiger partial charge in [-0.3, -0.25) is 0 Å². The molecule has 0 radical (unpaired) electrons. The van der Waals surface area contributed by atoms with E-state index in [1.165, 1.54) is 0 Å². The zero-order chi connectivity index (χ0) is 12.3. The SMILES string of the molecule is NC1CCCC(CNc2ncc(F)cc2F)C1. The van der Waals surface area contributed by atoms with E-state index in [0.29, 0.717) is 12.5 Å². The molecule has 17 heavy (non-hydrogen) atoms. The van der Waals surface area contributed by atoms with Gasteiger partial charge in [-0.05, 0) is 25.2 Å². The number of halogens is 2. The summed E-state index contributed by atoms with van der Waals surface area (Å²) in [6.45, 7) is 0.642. The van der Waals surface area contributed by atoms with E-state index in [-0.39, 0.29) is 11.9 Å². The molecular weight excluding hydrogens is 224 g/mol. The number of aromatic nitrogens is 1. The zero-order valence-corrected chi connectivity index (χ0v) is 9.63. The van der Waals surface area contributed by atoms with Gasteiger partial charge in [0.25, 0.3) is 0 Å². The molecule has 1 saturated carbocycles. The molecule has 1 aromatic rings. The van der Waals surface area contributed by atoms with Crippen LogP contribution in [-0.4, -0.2) is 17.6 Å². The van der Waals surface area contributed by atoms with Gasteiger partial charge in [0, 0.05) is 18.7 Å². The van der Waals surface area contributed by atoms with Crippen LogP contribution < -0.4 is 11.1 Å². The van der Waals surface area contributed by atoms with E-state index in [9.17, 15) is 8.78 Å². The van der Waals surface area contributed by atoms with Crippen LogP contribution in [0.15, 0.2) is 12.3 Å². The maximum absolute atomic E-state index is 13.3. The molecule has 1 aliphatic carbocycles. The molecule has 1 aliphatic rings. The summed E-state index contributed by atoms with van der Waals surface area (Å²) in [6.07, 6.45) is 5.25. The molecule has 94 valence electrons. The number of hydrogen-bond donors (Lipinski definition) is 2. The summed E-state index contributed by atoms with van der Waals surface area (Å²) >= 11 is 0. The molecule has 2 atom stereocenters. The number of pyridine rings is 1. The van der Waals surface area contributed by atoms with Crippen LogP contribution in [0.1, 0.15) is 25.7 Å². The van der Waals surface area contributed by atoms with Crippen molar-refractivity contribution in [3.05, 3.63) is 23.9 Å². The summed E-state index contributed by atoms with van der Waals surface area (Å²) in [6, 6.07) is 1.09. The van der Waals surface area contributed by atoms with Crippen LogP contribution in [0.2, 0.25) is 0 Å². The number of hydrogen-bond acceptors (Lipinski definition) is 3. The standard InChI is InChI=1S/C12H17F2N3/c13-9-5-11(14)12(17-7-9)16-6-8-2-1-3-10(15)4-8/h5,7-8,10H,1-4,6,15H2,(H,16,17). The first-order chi connectivity index (χ1) is 8.15. The molecular formula is C12H17F2N3. The fourth-order valence-electron chi connectivity index (χ4n) is 2.30. The van der Waals surface area contributed by atoms with Gasteiger partial charge in [0.2, 0.25) is 0 Å². The molecule has 3 N–H and O–H groups in total. The molecule has 2 rings (SSSR count). The van der Waals surface area contributed by atoms with Gasteiger partial charge in [0.1, 0.15) is 5.82 Å². The molecule has 0 saturated heterocycles. The summed E-state index contributed by atoms with van der Waals surface area (Å²) in [4.78, 5) is 3.69. The second kappa shape index (κ2) is 5.40. The second-order valence-electron chi connectivity index (χ2n) is 4.66. The van der Waals surface area contributed by atoms with Crippen LogP contribution in [-0.2, 0) is 0 Å². The first kappa shape index (κ1) is 12.2. The van der Waals surface area contributed by atoms with E-state index < -0.39 is 11.6 Å². The predicted octanol–water partition coefficient (Wildman–Crippen LogP) is 2.29. The third-order valence-electron chi connectivity index (χ3n) is 3.19. The second-order valence-corrected chi connectivity index (χ2v) is 4.66. The molecule has 0 amide bonds. The summed E-state index contributed by atoms with van der Waals surface area (Å²) < 4.78 is 25.9. The minimum absolute atomic E-state index is 0.116. The molecule has 0 spiro atoms. The molecule has 1 aromatic heterocycles. The minimum Gasteiger partial charge on any atom is -0.367 e. The van der Waals surface area contributed by atoms with Crippen molar-refractivity contribution in [3.8, 4) is 0 Å². The van der Waals surface area contributed by atoms with E-state index in [0.717, 1.165) is 37.9 Å². The summed E-state index contributed by atoms with van der Waals surface area (Å²) in [5.41, 5.74) is 5.88. The highest BCUT2D eigenvalue weighted by Crippen LogP contribution is 2.23. The van der Waals surface area contributed by atoms with Crippen molar-refractivity contribution >= 4 is 5.82 Å². The lowest BCUT2D eigenvalue weighted by Crippen LogP contribution is -2.31. The van der Waals surface area contributed by atoms with Gasteiger partial charge in [-0.15, -0.1) is 0 Å². The normalized spacial score (nSPS) is 24.6. The lowest BCUT2D eigenvalue weighted by atomic mass is 9.86. The van der Waals surface area contributed by atoms with Crippen LogP contribution in [0.25, 0.3) is 0 Å². The van der Waals surface area contributed by atoms with Crippen molar-refractivity contribution in [2.45, 2.75) is 31.7 Å². The highest BCUT2D eigenvalue weighted by atomic mass is 19.1. The van der Waals surface area contributed by atoms with Crippen molar-refractivity contribution in [2.75, 3.05) is 11.9 Å². The maximum atomic E-state index is 13.3. The van der Waals surface area contributed by atoms with Crippen LogP contribution in [0.4, 0.5) is 14.6 Å². The first-order valence-corrected chi connectivity index (χ1v) is 5.95. The molecule has 5 heteroatoms. The van der Waals surface area contributed by atoms with E-state index >= 15 is 0 Å². The fourth-order valence-corrected chi connectivity index (χ4v) is 2.30. The van der Waals surface area contributed by atoms with Crippen LogP contribution in [0.3, 0.4) is 0 Å². The Morgan fingerprint density at radius 1 is 1.41 bits per heavy atom. The molecule has 3 nitrogen and oxygen atoms in total. The predicted molar refractivity (Wildman–Crippen MR) is 62.6 cm³/mol. The van der Waals surface area contributed by atoms with Gasteiger partial charge in [-0.25, -0.2) is 13.8 Å². The van der Waals surface area contributed by atoms with E-state index in [4.69, 9.17) is 5.73 Å². The maximum Gasteiger partial charge on any atom is 0.168 e. The van der Waals surface area contributed by atoms with Crippen LogP contribution in [0.5, 0.6) is 0 Å². The number of rotatable bonds is 3. The largest absolute Gasteiger partial charge is 0.367 e. The molecule has 1 heterocycles. The Labute approximate surface area is 99.4 Å². The van der Waals surface area contributed by atoms with E-state index in [1.807, 2.05) is 0 Å². The van der Waals surface area contributed by atoms with Crippen molar-refractivity contribution in [1.82, 2.24) is 4.98 Å². The highest BCUT2D eigenvalue weighted by Gasteiger charge is 2.19. The number of nitrogens with one attached hydrogen (secondary N) is 1. The van der Waals surface area contributed by atoms with Crippen molar-refractivity contribution < 1.29 is 8.78 Å². The lowest BCUT2D eigenvalue weighted by Gasteiger charge is -2.26. The van der Waals surface area contributed by atoms with Gasteiger partial charge >= 0.3 is 0 Å². The zero-order valence-electron chi connectivity index (χ0n) is 9.63. The average molecular weight is 241 g/mol. The third kappa shape index (κ3) is 3.36. The molecule has 1 fully saturated rings. The Bertz CT molecular complexity index is 384. The number of anilines is 1. The van der Waals surface area contributed by atoms with Gasteiger partial charge in [-0.2, -0.15) is 0 Å². The smallest absolute Gasteiger partial charge is 0.168 e. The molecule has 0 aliphatic heterocycles. The Morgan fingerprint density at radius 3 is 2.94 bits per heavy atom. The summed E-state index contributed by atoms with van der Waals surface area (Å²) in [5.74, 6) is -0.742. The molecule has 0 aromatic carbocycles. The highest BCUT2D eigenvalue weighted by molar-refractivity contribution is 5.35. The summed E-state index contributed by atoms with van der Waals surface area (Å²) in [5, 5.41) is 2.92. The van der Waals surface area contributed by atoms with Crippen LogP contribution >= 0.6 is 0 Å². The topological polar surface area (TPSA) is 50.9 Å². The first-order valence-electron chi connectivity index (χ1n) is 5.95. The van der Waals surface area contributed by atoms with Crippen LogP contribution in [0, 0.1) is 17.6 Å².